The van der Waals surface area contributed by atoms with Crippen LogP contribution < -0.4 is 0 Å². The number of rotatable bonds is 17. The van der Waals surface area contributed by atoms with Gasteiger partial charge in [0.1, 0.15) is 11.0 Å². The molecule has 0 spiro atoms. The van der Waals surface area contributed by atoms with E-state index in [0.29, 0.717) is 11.5 Å². The molecule has 0 unspecified atom stereocenters. The molecule has 0 aliphatic rings. The van der Waals surface area contributed by atoms with Crippen LogP contribution in [0.4, 0.5) is 0 Å². The Morgan fingerprint density at radius 1 is 0.636 bits per heavy atom. The van der Waals surface area contributed by atoms with Crippen molar-refractivity contribution in [2.75, 3.05) is 0 Å². The van der Waals surface area contributed by atoms with Crippen molar-refractivity contribution in [3.8, 4) is 0 Å². The highest BCUT2D eigenvalue weighted by atomic mass is 35.5. The lowest BCUT2D eigenvalue weighted by molar-refractivity contribution is 0.529. The van der Waals surface area contributed by atoms with Gasteiger partial charge < -0.3 is 0 Å². The Bertz CT molecular complexity index is 269. The molecule has 0 atom stereocenters. The third kappa shape index (κ3) is 17.8. The van der Waals surface area contributed by atoms with Gasteiger partial charge in [0.25, 0.3) is 0 Å². The molecule has 0 N–H and O–H groups in total. The van der Waals surface area contributed by atoms with Crippen molar-refractivity contribution in [1.29, 1.82) is 0 Å². The van der Waals surface area contributed by atoms with Crippen LogP contribution in [0.3, 0.4) is 0 Å². The van der Waals surface area contributed by atoms with E-state index in [9.17, 15) is 4.79 Å². The summed E-state index contributed by atoms with van der Waals surface area (Å²) in [4.78, 5) is 10.2. The largest absolute Gasteiger partial charge is 0.232 e. The van der Waals surface area contributed by atoms with Crippen LogP contribution in [0.15, 0.2) is 5.03 Å². The Hall–Kier alpha value is -0.260. The molecule has 0 amide bonds. The van der Waals surface area contributed by atoms with Crippen LogP contribution in [0.1, 0.15) is 116 Å². The minimum Gasteiger partial charge on any atom is -0.232 e. The molecule has 1 nitrogen and oxygen atoms in total. The Morgan fingerprint density at radius 3 is 1.27 bits per heavy atom. The summed E-state index contributed by atoms with van der Waals surface area (Å²) in [7, 11) is 0. The minimum absolute atomic E-state index is 0.352. The maximum atomic E-state index is 10.2. The smallest absolute Gasteiger partial charge is 0.140 e. The lowest BCUT2D eigenvalue weighted by atomic mass is 10.0. The van der Waals surface area contributed by atoms with E-state index in [0.717, 1.165) is 6.42 Å². The molecule has 0 saturated heterocycles. The van der Waals surface area contributed by atoms with Crippen LogP contribution in [0.5, 0.6) is 0 Å². The number of hydrogen-bond acceptors (Lipinski definition) is 1. The molecule has 0 aliphatic heterocycles. The van der Waals surface area contributed by atoms with Gasteiger partial charge in [-0.15, -0.1) is 0 Å². The minimum atomic E-state index is 0.352. The van der Waals surface area contributed by atoms with Crippen molar-refractivity contribution in [3.63, 3.8) is 0 Å². The molecule has 0 rings (SSSR count). The zero-order valence-corrected chi connectivity index (χ0v) is 15.6. The van der Waals surface area contributed by atoms with Crippen molar-refractivity contribution in [3.05, 3.63) is 5.03 Å². The number of halogens is 1. The van der Waals surface area contributed by atoms with E-state index < -0.39 is 0 Å². The molecule has 0 fully saturated rings. The lowest BCUT2D eigenvalue weighted by Gasteiger charge is -2.03. The summed E-state index contributed by atoms with van der Waals surface area (Å²) < 4.78 is 0. The van der Waals surface area contributed by atoms with Gasteiger partial charge in [0.05, 0.1) is 0 Å². The summed E-state index contributed by atoms with van der Waals surface area (Å²) in [6.45, 7) is 2.28. The third-order valence-electron chi connectivity index (χ3n) is 4.36. The van der Waals surface area contributed by atoms with Crippen LogP contribution in [-0.4, -0.2) is 5.94 Å². The lowest BCUT2D eigenvalue weighted by Crippen LogP contribution is -1.84. The normalized spacial score (nSPS) is 10.6. The fourth-order valence-electron chi connectivity index (χ4n) is 2.88. The van der Waals surface area contributed by atoms with Crippen LogP contribution in [0.25, 0.3) is 0 Å². The van der Waals surface area contributed by atoms with Gasteiger partial charge in [-0.25, -0.2) is 4.79 Å². The number of allylic oxidation sites excluding steroid dienone is 1. The molecule has 22 heavy (non-hydrogen) atoms. The fourth-order valence-corrected chi connectivity index (χ4v) is 3.01. The van der Waals surface area contributed by atoms with Crippen molar-refractivity contribution in [2.24, 2.45) is 0 Å². The molecule has 130 valence electrons. The summed E-state index contributed by atoms with van der Waals surface area (Å²) in [6.07, 6.45) is 22.6. The Balaban J connectivity index is 3.01. The van der Waals surface area contributed by atoms with E-state index in [-0.39, 0.29) is 0 Å². The van der Waals surface area contributed by atoms with Crippen LogP contribution in [0, 0.1) is 0 Å². The monoisotopic (exact) mass is 328 g/mol. The van der Waals surface area contributed by atoms with Gasteiger partial charge in [-0.05, 0) is 12.8 Å². The Labute approximate surface area is 143 Å². The van der Waals surface area contributed by atoms with E-state index in [1.807, 2.05) is 0 Å². The van der Waals surface area contributed by atoms with Gasteiger partial charge >= 0.3 is 0 Å². The van der Waals surface area contributed by atoms with Crippen molar-refractivity contribution in [2.45, 2.75) is 116 Å². The second kappa shape index (κ2) is 18.8. The number of unbranched alkanes of at least 4 members (excludes halogenated alkanes) is 15. The zero-order valence-electron chi connectivity index (χ0n) is 14.8. The van der Waals surface area contributed by atoms with Crippen LogP contribution in [-0.2, 0) is 4.79 Å². The predicted octanol–water partition coefficient (Wildman–Crippen LogP) is 7.59. The molecule has 0 bridgehead atoms. The summed E-state index contributed by atoms with van der Waals surface area (Å²) >= 11 is 5.62. The van der Waals surface area contributed by atoms with Gasteiger partial charge in [0.2, 0.25) is 0 Å². The van der Waals surface area contributed by atoms with E-state index in [1.165, 1.54) is 96.3 Å². The highest BCUT2D eigenvalue weighted by Gasteiger charge is 1.96. The van der Waals surface area contributed by atoms with E-state index in [2.05, 4.69) is 6.92 Å². The van der Waals surface area contributed by atoms with Gasteiger partial charge in [-0.1, -0.05) is 115 Å². The second-order valence-corrected chi connectivity index (χ2v) is 7.02. The average Bonchev–Trinajstić information content (AvgIpc) is 2.54. The fraction of sp³-hybridized carbons (Fsp3) is 0.900. The molecular weight excluding hydrogens is 292 g/mol. The second-order valence-electron chi connectivity index (χ2n) is 6.56. The predicted molar refractivity (Wildman–Crippen MR) is 99.2 cm³/mol. The van der Waals surface area contributed by atoms with Crippen molar-refractivity contribution < 1.29 is 4.79 Å². The number of carbonyl (C=O) groups excluding carboxylic acids is 1. The molecular formula is C20H37ClO. The van der Waals surface area contributed by atoms with E-state index in [4.69, 9.17) is 11.6 Å². The topological polar surface area (TPSA) is 17.1 Å². The highest BCUT2D eigenvalue weighted by Crippen LogP contribution is 2.15. The van der Waals surface area contributed by atoms with Gasteiger partial charge in [0.15, 0.2) is 0 Å². The molecule has 0 heterocycles. The van der Waals surface area contributed by atoms with Crippen LogP contribution in [0.2, 0.25) is 0 Å². The maximum Gasteiger partial charge on any atom is 0.140 e. The third-order valence-corrected chi connectivity index (χ3v) is 4.63. The average molecular weight is 329 g/mol. The van der Waals surface area contributed by atoms with Crippen LogP contribution >= 0.6 is 11.6 Å². The summed E-state index contributed by atoms with van der Waals surface area (Å²) in [5.41, 5.74) is 0. The quantitative estimate of drug-likeness (QED) is 0.198. The van der Waals surface area contributed by atoms with E-state index >= 15 is 0 Å². The summed E-state index contributed by atoms with van der Waals surface area (Å²) in [5, 5.41) is 0.352. The SMILES string of the molecule is CCCCCCCCCCCCCCCCCCC(Cl)=C=O. The van der Waals surface area contributed by atoms with Crippen molar-refractivity contribution in [1.82, 2.24) is 0 Å². The Kier molecular flexibility index (Phi) is 18.6. The maximum absolute atomic E-state index is 10.2. The first-order valence-corrected chi connectivity index (χ1v) is 10.1. The first-order chi connectivity index (χ1) is 10.8. The first-order valence-electron chi connectivity index (χ1n) is 9.70. The Morgan fingerprint density at radius 2 is 0.955 bits per heavy atom. The first kappa shape index (κ1) is 21.7. The number of hydrogen-bond donors (Lipinski definition) is 0. The van der Waals surface area contributed by atoms with Gasteiger partial charge in [-0.3, -0.25) is 0 Å². The molecule has 0 saturated carbocycles. The van der Waals surface area contributed by atoms with Gasteiger partial charge in [-0.2, -0.15) is 0 Å². The molecule has 0 radical (unpaired) electrons. The highest BCUT2D eigenvalue weighted by molar-refractivity contribution is 6.33. The molecule has 0 aliphatic carbocycles. The van der Waals surface area contributed by atoms with Gasteiger partial charge in [0, 0.05) is 0 Å². The van der Waals surface area contributed by atoms with E-state index in [1.54, 1.807) is 5.94 Å². The zero-order chi connectivity index (χ0) is 16.3. The summed E-state index contributed by atoms with van der Waals surface area (Å²) in [6, 6.07) is 0. The molecule has 0 aromatic rings. The van der Waals surface area contributed by atoms with Crippen molar-refractivity contribution >= 4 is 17.5 Å². The standard InChI is InChI=1S/C20H37ClO/c1-2-3-4-5-6-7-8-9-10-11-12-13-14-15-16-17-18-20(21)19-22/h2-18H2,1H3. The molecule has 2 heteroatoms. The molecule has 0 aromatic heterocycles. The molecule has 0 aromatic carbocycles. The summed E-state index contributed by atoms with van der Waals surface area (Å²) in [5.74, 6) is 1.75.